The highest BCUT2D eigenvalue weighted by Gasteiger charge is 2.39. The van der Waals surface area contributed by atoms with E-state index in [9.17, 15) is 19.8 Å². The van der Waals surface area contributed by atoms with E-state index in [1.807, 2.05) is 6.92 Å². The number of aliphatic hydroxyl groups excluding tert-OH is 1. The first-order valence-electron chi connectivity index (χ1n) is 6.26. The first-order valence-corrected chi connectivity index (χ1v) is 6.26. The summed E-state index contributed by atoms with van der Waals surface area (Å²) < 4.78 is 0. The normalized spacial score (nSPS) is 17.9. The Morgan fingerprint density at radius 3 is 2.06 bits per heavy atom. The van der Waals surface area contributed by atoms with Gasteiger partial charge in [-0.25, -0.2) is 0 Å². The Morgan fingerprint density at radius 1 is 1.28 bits per heavy atom. The van der Waals surface area contributed by atoms with Gasteiger partial charge in [-0.2, -0.15) is 0 Å². The van der Waals surface area contributed by atoms with Gasteiger partial charge in [0.05, 0.1) is 17.6 Å². The summed E-state index contributed by atoms with van der Waals surface area (Å²) in [5.41, 5.74) is -1.78. The van der Waals surface area contributed by atoms with Crippen molar-refractivity contribution in [2.24, 2.45) is 11.3 Å². The summed E-state index contributed by atoms with van der Waals surface area (Å²) in [5.74, 6) is -1.47. The number of nitrogens with one attached hydrogen (secondary N) is 1. The number of aliphatic carboxylic acids is 1. The Labute approximate surface area is 109 Å². The number of carbonyl (C=O) groups is 2. The predicted octanol–water partition coefficient (Wildman–Crippen LogP) is 1.40. The van der Waals surface area contributed by atoms with E-state index >= 15 is 0 Å². The van der Waals surface area contributed by atoms with Crippen molar-refractivity contribution in [3.8, 4) is 0 Å². The quantitative estimate of drug-likeness (QED) is 0.645. The molecular weight excluding hydrogens is 234 g/mol. The average molecular weight is 259 g/mol. The summed E-state index contributed by atoms with van der Waals surface area (Å²) in [4.78, 5) is 23.2. The summed E-state index contributed by atoms with van der Waals surface area (Å²) in [6.45, 7) is 8.56. The highest BCUT2D eigenvalue weighted by molar-refractivity contribution is 5.85. The van der Waals surface area contributed by atoms with Crippen molar-refractivity contribution in [1.82, 2.24) is 5.32 Å². The monoisotopic (exact) mass is 259 g/mol. The van der Waals surface area contributed by atoms with Crippen molar-refractivity contribution in [2.45, 2.75) is 53.0 Å². The lowest BCUT2D eigenvalue weighted by Crippen LogP contribution is -2.50. The van der Waals surface area contributed by atoms with E-state index in [0.29, 0.717) is 6.42 Å². The van der Waals surface area contributed by atoms with Crippen LogP contribution in [-0.4, -0.2) is 34.2 Å². The van der Waals surface area contributed by atoms with Crippen molar-refractivity contribution in [2.75, 3.05) is 6.61 Å². The van der Waals surface area contributed by atoms with E-state index in [1.165, 1.54) is 0 Å². The number of rotatable bonds is 7. The van der Waals surface area contributed by atoms with Crippen LogP contribution in [0.15, 0.2) is 0 Å². The lowest BCUT2D eigenvalue weighted by molar-refractivity contribution is -0.154. The molecule has 0 fully saturated rings. The molecule has 0 aromatic rings. The van der Waals surface area contributed by atoms with Crippen molar-refractivity contribution in [3.63, 3.8) is 0 Å². The molecule has 0 saturated carbocycles. The number of hydrogen-bond donors (Lipinski definition) is 3. The molecular formula is C13H25NO4. The molecule has 18 heavy (non-hydrogen) atoms. The molecule has 0 aromatic heterocycles. The van der Waals surface area contributed by atoms with Crippen LogP contribution in [0.2, 0.25) is 0 Å². The van der Waals surface area contributed by atoms with Gasteiger partial charge in [0.2, 0.25) is 5.91 Å². The summed E-state index contributed by atoms with van der Waals surface area (Å²) in [6.07, 6.45) is 0.496. The lowest BCUT2D eigenvalue weighted by Gasteiger charge is -2.32. The minimum atomic E-state index is -1.09. The smallest absolute Gasteiger partial charge is 0.310 e. The molecule has 0 spiro atoms. The summed E-state index contributed by atoms with van der Waals surface area (Å²) in [6, 6.07) is 0. The second kappa shape index (κ2) is 6.18. The molecule has 0 rings (SSSR count). The number of carboxylic acids is 1. The molecule has 2 atom stereocenters. The van der Waals surface area contributed by atoms with Gasteiger partial charge in [0, 0.05) is 6.42 Å². The van der Waals surface area contributed by atoms with Crippen LogP contribution in [0.1, 0.15) is 47.5 Å². The highest BCUT2D eigenvalue weighted by atomic mass is 16.4. The zero-order chi connectivity index (χ0) is 14.6. The van der Waals surface area contributed by atoms with Gasteiger partial charge in [0.25, 0.3) is 0 Å². The third kappa shape index (κ3) is 3.98. The number of aliphatic hydroxyl groups is 1. The van der Waals surface area contributed by atoms with Crippen LogP contribution < -0.4 is 5.32 Å². The van der Waals surface area contributed by atoms with E-state index in [2.05, 4.69) is 5.32 Å². The molecule has 0 radical (unpaired) electrons. The van der Waals surface area contributed by atoms with Crippen molar-refractivity contribution >= 4 is 11.9 Å². The molecule has 5 nitrogen and oxygen atoms in total. The summed E-state index contributed by atoms with van der Waals surface area (Å²) in [5, 5.41) is 21.2. The molecule has 0 bridgehead atoms. The Hall–Kier alpha value is -1.10. The van der Waals surface area contributed by atoms with Crippen LogP contribution in [0.25, 0.3) is 0 Å². The standard InChI is InChI=1S/C13H25NO4/c1-6-12(4,8-15)14-10(16)7-13(5,9(2)3)11(17)18/h9,15H,6-8H2,1-5H3,(H,14,16)(H,17,18). The molecule has 5 heteroatoms. The first kappa shape index (κ1) is 16.9. The van der Waals surface area contributed by atoms with Crippen LogP contribution in [0.5, 0.6) is 0 Å². The number of hydrogen-bond acceptors (Lipinski definition) is 3. The first-order chi connectivity index (χ1) is 8.11. The van der Waals surface area contributed by atoms with Gasteiger partial charge in [0.1, 0.15) is 0 Å². The fourth-order valence-corrected chi connectivity index (χ4v) is 1.48. The Kier molecular flexibility index (Phi) is 5.80. The Bertz CT molecular complexity index is 310. The zero-order valence-corrected chi connectivity index (χ0v) is 11.9. The molecule has 0 aliphatic heterocycles. The maximum Gasteiger partial charge on any atom is 0.310 e. The highest BCUT2D eigenvalue weighted by Crippen LogP contribution is 2.31. The van der Waals surface area contributed by atoms with E-state index in [1.54, 1.807) is 27.7 Å². The predicted molar refractivity (Wildman–Crippen MR) is 69.1 cm³/mol. The molecule has 0 aliphatic carbocycles. The Balaban J connectivity index is 4.79. The third-order valence-electron chi connectivity index (χ3n) is 3.86. The second-order valence-corrected chi connectivity index (χ2v) is 5.67. The van der Waals surface area contributed by atoms with Gasteiger partial charge >= 0.3 is 5.97 Å². The third-order valence-corrected chi connectivity index (χ3v) is 3.86. The maximum absolute atomic E-state index is 11.9. The van der Waals surface area contributed by atoms with Gasteiger partial charge in [-0.3, -0.25) is 9.59 Å². The van der Waals surface area contributed by atoms with Crippen LogP contribution >= 0.6 is 0 Å². The van der Waals surface area contributed by atoms with Crippen molar-refractivity contribution in [1.29, 1.82) is 0 Å². The van der Waals surface area contributed by atoms with Crippen LogP contribution in [0.3, 0.4) is 0 Å². The summed E-state index contributed by atoms with van der Waals surface area (Å²) in [7, 11) is 0. The fourth-order valence-electron chi connectivity index (χ4n) is 1.48. The van der Waals surface area contributed by atoms with Gasteiger partial charge in [-0.05, 0) is 26.2 Å². The minimum Gasteiger partial charge on any atom is -0.481 e. The van der Waals surface area contributed by atoms with Crippen molar-refractivity contribution in [3.05, 3.63) is 0 Å². The molecule has 0 aromatic carbocycles. The number of amides is 1. The fraction of sp³-hybridized carbons (Fsp3) is 0.846. The molecule has 0 heterocycles. The molecule has 0 saturated heterocycles. The zero-order valence-electron chi connectivity index (χ0n) is 11.9. The van der Waals surface area contributed by atoms with E-state index in [4.69, 9.17) is 0 Å². The van der Waals surface area contributed by atoms with Crippen LogP contribution in [0.4, 0.5) is 0 Å². The van der Waals surface area contributed by atoms with Crippen LogP contribution in [-0.2, 0) is 9.59 Å². The van der Waals surface area contributed by atoms with Gasteiger partial charge in [0.15, 0.2) is 0 Å². The van der Waals surface area contributed by atoms with Gasteiger partial charge in [-0.1, -0.05) is 20.8 Å². The largest absolute Gasteiger partial charge is 0.481 e. The molecule has 2 unspecified atom stereocenters. The van der Waals surface area contributed by atoms with E-state index in [0.717, 1.165) is 0 Å². The molecule has 0 aliphatic rings. The van der Waals surface area contributed by atoms with Crippen molar-refractivity contribution < 1.29 is 19.8 Å². The summed E-state index contributed by atoms with van der Waals surface area (Å²) >= 11 is 0. The lowest BCUT2D eigenvalue weighted by atomic mass is 9.76. The molecule has 1 amide bonds. The minimum absolute atomic E-state index is 0.0877. The Morgan fingerprint density at radius 2 is 1.78 bits per heavy atom. The second-order valence-electron chi connectivity index (χ2n) is 5.67. The number of carboxylic acid groups (broad SMARTS) is 1. The topological polar surface area (TPSA) is 86.6 Å². The van der Waals surface area contributed by atoms with Gasteiger partial charge in [-0.15, -0.1) is 0 Å². The molecule has 3 N–H and O–H groups in total. The van der Waals surface area contributed by atoms with E-state index in [-0.39, 0.29) is 24.9 Å². The van der Waals surface area contributed by atoms with E-state index < -0.39 is 16.9 Å². The maximum atomic E-state index is 11.9. The SMILES string of the molecule is CCC(C)(CO)NC(=O)CC(C)(C(=O)O)C(C)C. The van der Waals surface area contributed by atoms with Crippen LogP contribution in [0, 0.1) is 11.3 Å². The number of carbonyl (C=O) groups excluding carboxylic acids is 1. The average Bonchev–Trinajstić information content (AvgIpc) is 2.27. The van der Waals surface area contributed by atoms with Gasteiger partial charge < -0.3 is 15.5 Å². The molecule has 106 valence electrons.